The Labute approximate surface area is 139 Å². The molecule has 0 heterocycles. The minimum Gasteiger partial charge on any atom is -0.356 e. The number of nitrogens with one attached hydrogen (secondary N) is 1. The van der Waals surface area contributed by atoms with Crippen LogP contribution in [0.25, 0.3) is 0 Å². The number of amides is 1. The second-order valence-corrected chi connectivity index (χ2v) is 7.04. The molecule has 0 rings (SSSR count). The molecule has 1 N–H and O–H groups in total. The Kier molecular flexibility index (Phi) is 16.4. The number of hydrogen-bond donors (Lipinski definition) is 1. The van der Waals surface area contributed by atoms with Gasteiger partial charge in [-0.05, 0) is 6.42 Å². The van der Waals surface area contributed by atoms with Crippen molar-refractivity contribution in [2.24, 2.45) is 5.92 Å². The molecule has 0 saturated carbocycles. The summed E-state index contributed by atoms with van der Waals surface area (Å²) in [5, 5.41) is 2.99. The highest BCUT2D eigenvalue weighted by Gasteiger charge is 2.04. The molecule has 1 amide bonds. The van der Waals surface area contributed by atoms with Crippen LogP contribution in [0.3, 0.4) is 0 Å². The molecular formula is C20H41NO. The summed E-state index contributed by atoms with van der Waals surface area (Å²) in [6.07, 6.45) is 19.3. The zero-order valence-electron chi connectivity index (χ0n) is 15.6. The van der Waals surface area contributed by atoms with Crippen LogP contribution >= 0.6 is 0 Å². The topological polar surface area (TPSA) is 29.1 Å². The molecule has 0 spiro atoms. The first kappa shape index (κ1) is 21.5. The summed E-state index contributed by atoms with van der Waals surface area (Å²) >= 11 is 0. The monoisotopic (exact) mass is 311 g/mol. The van der Waals surface area contributed by atoms with E-state index in [0.717, 1.165) is 13.0 Å². The zero-order valence-corrected chi connectivity index (χ0v) is 15.6. The van der Waals surface area contributed by atoms with Crippen molar-refractivity contribution in [2.45, 2.75) is 111 Å². The lowest BCUT2D eigenvalue weighted by Gasteiger charge is -2.07. The molecule has 0 bridgehead atoms. The quantitative estimate of drug-likeness (QED) is 0.336. The van der Waals surface area contributed by atoms with Gasteiger partial charge in [0.2, 0.25) is 5.91 Å². The predicted octanol–water partition coefficient (Wildman–Crippen LogP) is 6.24. The first-order chi connectivity index (χ1) is 10.7. The summed E-state index contributed by atoms with van der Waals surface area (Å²) < 4.78 is 0. The molecule has 132 valence electrons. The molecule has 2 nitrogen and oxygen atoms in total. The minimum atomic E-state index is 0.117. The average Bonchev–Trinajstić information content (AvgIpc) is 2.50. The van der Waals surface area contributed by atoms with Crippen LogP contribution in [0.2, 0.25) is 0 Å². The highest BCUT2D eigenvalue weighted by Crippen LogP contribution is 2.12. The third-order valence-corrected chi connectivity index (χ3v) is 4.35. The lowest BCUT2D eigenvalue weighted by Crippen LogP contribution is -2.28. The fourth-order valence-electron chi connectivity index (χ4n) is 2.74. The molecular weight excluding hydrogens is 270 g/mol. The van der Waals surface area contributed by atoms with Gasteiger partial charge in [-0.2, -0.15) is 0 Å². The van der Waals surface area contributed by atoms with Crippen molar-refractivity contribution < 1.29 is 4.79 Å². The second kappa shape index (κ2) is 16.8. The van der Waals surface area contributed by atoms with Crippen molar-refractivity contribution in [3.05, 3.63) is 0 Å². The summed E-state index contributed by atoms with van der Waals surface area (Å²) in [4.78, 5) is 11.4. The molecule has 0 aromatic heterocycles. The summed E-state index contributed by atoms with van der Waals surface area (Å²) in [6, 6.07) is 0. The zero-order chi connectivity index (χ0) is 16.5. The Balaban J connectivity index is 3.04. The molecule has 0 radical (unpaired) electrons. The van der Waals surface area contributed by atoms with Crippen LogP contribution in [0.5, 0.6) is 0 Å². The van der Waals surface area contributed by atoms with Gasteiger partial charge in [-0.15, -0.1) is 0 Å². The largest absolute Gasteiger partial charge is 0.356 e. The van der Waals surface area contributed by atoms with Crippen molar-refractivity contribution >= 4 is 5.91 Å². The van der Waals surface area contributed by atoms with Gasteiger partial charge in [0.1, 0.15) is 0 Å². The maximum Gasteiger partial charge on any atom is 0.222 e. The third-order valence-electron chi connectivity index (χ3n) is 4.35. The lowest BCUT2D eigenvalue weighted by atomic mass is 10.0. The van der Waals surface area contributed by atoms with Crippen LogP contribution in [-0.4, -0.2) is 12.5 Å². The molecule has 2 heteroatoms. The molecule has 0 aliphatic carbocycles. The minimum absolute atomic E-state index is 0.117. The third kappa shape index (κ3) is 15.9. The van der Waals surface area contributed by atoms with Gasteiger partial charge in [-0.25, -0.2) is 0 Å². The highest BCUT2D eigenvalue weighted by atomic mass is 16.1. The summed E-state index contributed by atoms with van der Waals surface area (Å²) in [5.74, 6) is 0.307. The van der Waals surface area contributed by atoms with Gasteiger partial charge >= 0.3 is 0 Å². The van der Waals surface area contributed by atoms with Crippen LogP contribution in [0.15, 0.2) is 0 Å². The van der Waals surface area contributed by atoms with Gasteiger partial charge in [-0.1, -0.05) is 104 Å². The van der Waals surface area contributed by atoms with Gasteiger partial charge in [0.15, 0.2) is 0 Å². The van der Waals surface area contributed by atoms with Crippen molar-refractivity contribution in [3.63, 3.8) is 0 Å². The fraction of sp³-hybridized carbons (Fsp3) is 0.950. The first-order valence-corrected chi connectivity index (χ1v) is 9.96. The van der Waals surface area contributed by atoms with Gasteiger partial charge in [0, 0.05) is 12.5 Å². The summed E-state index contributed by atoms with van der Waals surface area (Å²) in [7, 11) is 0. The van der Waals surface area contributed by atoms with E-state index in [-0.39, 0.29) is 11.8 Å². The first-order valence-electron chi connectivity index (χ1n) is 9.96. The van der Waals surface area contributed by atoms with E-state index in [0.29, 0.717) is 0 Å². The Hall–Kier alpha value is -0.530. The number of unbranched alkanes of at least 4 members (excludes halogenated alkanes) is 13. The number of rotatable bonds is 16. The van der Waals surface area contributed by atoms with E-state index in [1.54, 1.807) is 0 Å². The maximum absolute atomic E-state index is 11.4. The van der Waals surface area contributed by atoms with E-state index in [9.17, 15) is 4.79 Å². The van der Waals surface area contributed by atoms with Gasteiger partial charge in [0.25, 0.3) is 0 Å². The van der Waals surface area contributed by atoms with Gasteiger partial charge in [0.05, 0.1) is 0 Å². The Morgan fingerprint density at radius 2 is 1.05 bits per heavy atom. The summed E-state index contributed by atoms with van der Waals surface area (Å²) in [5.41, 5.74) is 0. The summed E-state index contributed by atoms with van der Waals surface area (Å²) in [6.45, 7) is 7.03. The van der Waals surface area contributed by atoms with E-state index in [4.69, 9.17) is 0 Å². The van der Waals surface area contributed by atoms with Crippen molar-refractivity contribution in [1.29, 1.82) is 0 Å². The SMILES string of the molecule is CCCCCCCCCCCCCCCCNC(=O)C(C)C. The standard InChI is InChI=1S/C20H41NO/c1-4-5-6-7-8-9-10-11-12-13-14-15-16-17-18-21-20(22)19(2)3/h19H,4-18H2,1-3H3,(H,21,22). The smallest absolute Gasteiger partial charge is 0.222 e. The molecule has 0 fully saturated rings. The molecule has 0 aliphatic rings. The molecule has 0 aromatic rings. The number of carbonyl (C=O) groups excluding carboxylic acids is 1. The van der Waals surface area contributed by atoms with E-state index < -0.39 is 0 Å². The molecule has 0 unspecified atom stereocenters. The van der Waals surface area contributed by atoms with Crippen LogP contribution < -0.4 is 5.32 Å². The molecule has 22 heavy (non-hydrogen) atoms. The van der Waals surface area contributed by atoms with Crippen LogP contribution in [0.1, 0.15) is 111 Å². The predicted molar refractivity (Wildman–Crippen MR) is 98.2 cm³/mol. The maximum atomic E-state index is 11.4. The van der Waals surface area contributed by atoms with Crippen molar-refractivity contribution in [2.75, 3.05) is 6.54 Å². The lowest BCUT2D eigenvalue weighted by molar-refractivity contribution is -0.123. The molecule has 0 aliphatic heterocycles. The van der Waals surface area contributed by atoms with E-state index >= 15 is 0 Å². The highest BCUT2D eigenvalue weighted by molar-refractivity contribution is 5.77. The van der Waals surface area contributed by atoms with Gasteiger partial charge in [-0.3, -0.25) is 4.79 Å². The van der Waals surface area contributed by atoms with Crippen molar-refractivity contribution in [3.8, 4) is 0 Å². The van der Waals surface area contributed by atoms with Gasteiger partial charge < -0.3 is 5.32 Å². The van der Waals surface area contributed by atoms with Crippen molar-refractivity contribution in [1.82, 2.24) is 5.32 Å². The number of hydrogen-bond acceptors (Lipinski definition) is 1. The second-order valence-electron chi connectivity index (χ2n) is 7.04. The Bertz CT molecular complexity index is 238. The van der Waals surface area contributed by atoms with E-state index in [1.807, 2.05) is 13.8 Å². The van der Waals surface area contributed by atoms with Crippen LogP contribution in [-0.2, 0) is 4.79 Å². The molecule has 0 saturated heterocycles. The Morgan fingerprint density at radius 3 is 1.41 bits per heavy atom. The van der Waals surface area contributed by atoms with Crippen LogP contribution in [0, 0.1) is 5.92 Å². The fourth-order valence-corrected chi connectivity index (χ4v) is 2.74. The molecule has 0 aromatic carbocycles. The van der Waals surface area contributed by atoms with E-state index in [1.165, 1.54) is 83.5 Å². The number of carbonyl (C=O) groups is 1. The normalized spacial score (nSPS) is 11.1. The Morgan fingerprint density at radius 1 is 0.682 bits per heavy atom. The molecule has 0 atom stereocenters. The van der Waals surface area contributed by atoms with Crippen LogP contribution in [0.4, 0.5) is 0 Å². The van der Waals surface area contributed by atoms with E-state index in [2.05, 4.69) is 12.2 Å². The average molecular weight is 312 g/mol.